The first-order valence-corrected chi connectivity index (χ1v) is 7.29. The minimum absolute atomic E-state index is 0.281. The first-order valence-electron chi connectivity index (χ1n) is 5.16. The monoisotopic (exact) mass is 272 g/mol. The molecule has 2 aromatic rings. The average Bonchev–Trinajstić information content (AvgIpc) is 2.88. The smallest absolute Gasteiger partial charge is 0.0944 e. The Morgan fingerprint density at radius 3 is 2.88 bits per heavy atom. The zero-order valence-electron chi connectivity index (χ0n) is 8.94. The van der Waals surface area contributed by atoms with E-state index in [1.807, 2.05) is 23.0 Å². The molecule has 0 saturated heterocycles. The zero-order valence-corrected chi connectivity index (χ0v) is 11.3. The Labute approximate surface area is 108 Å². The number of thiazole rings is 1. The van der Waals surface area contributed by atoms with Crippen molar-refractivity contribution in [2.45, 2.75) is 19.4 Å². The summed E-state index contributed by atoms with van der Waals surface area (Å²) >= 11 is 9.56. The number of rotatable bonds is 5. The van der Waals surface area contributed by atoms with Crippen molar-refractivity contribution in [1.82, 2.24) is 10.3 Å². The molecule has 0 aromatic carbocycles. The zero-order chi connectivity index (χ0) is 11.4. The third-order valence-corrected chi connectivity index (χ3v) is 4.55. The minimum Gasteiger partial charge on any atom is -0.309 e. The van der Waals surface area contributed by atoms with Crippen molar-refractivity contribution < 1.29 is 0 Å². The summed E-state index contributed by atoms with van der Waals surface area (Å²) in [6, 6.07) is 2.23. The van der Waals surface area contributed by atoms with Crippen LogP contribution in [0.15, 0.2) is 23.0 Å². The fraction of sp³-hybridized carbons (Fsp3) is 0.364. The quantitative estimate of drug-likeness (QED) is 0.897. The SMILES string of the molecule is CCNC(Cc1nccs1)c1sccc1Cl. The molecule has 1 N–H and O–H groups in total. The Hall–Kier alpha value is -0.420. The fourth-order valence-corrected chi connectivity index (χ4v) is 3.52. The number of aromatic nitrogens is 1. The number of hydrogen-bond acceptors (Lipinski definition) is 4. The molecule has 0 bridgehead atoms. The molecule has 0 aliphatic carbocycles. The van der Waals surface area contributed by atoms with Gasteiger partial charge in [-0.1, -0.05) is 18.5 Å². The third kappa shape index (κ3) is 2.83. The molecule has 2 heterocycles. The number of nitrogens with one attached hydrogen (secondary N) is 1. The van der Waals surface area contributed by atoms with Crippen LogP contribution in [-0.4, -0.2) is 11.5 Å². The predicted octanol–water partition coefficient (Wildman–Crippen LogP) is 3.75. The van der Waals surface area contributed by atoms with Crippen LogP contribution in [0.1, 0.15) is 22.9 Å². The second-order valence-electron chi connectivity index (χ2n) is 3.37. The highest BCUT2D eigenvalue weighted by atomic mass is 35.5. The van der Waals surface area contributed by atoms with Crippen LogP contribution in [0.4, 0.5) is 0 Å². The standard InChI is InChI=1S/C11H13ClN2S2/c1-2-13-9(7-10-14-4-6-15-10)11-8(12)3-5-16-11/h3-6,9,13H,2,7H2,1H3. The van der Waals surface area contributed by atoms with Gasteiger partial charge < -0.3 is 5.32 Å². The van der Waals surface area contributed by atoms with Gasteiger partial charge in [-0.2, -0.15) is 0 Å². The summed E-state index contributed by atoms with van der Waals surface area (Å²) in [4.78, 5) is 5.53. The lowest BCUT2D eigenvalue weighted by Crippen LogP contribution is -2.22. The van der Waals surface area contributed by atoms with Crippen LogP contribution in [0.25, 0.3) is 0 Å². The summed E-state index contributed by atoms with van der Waals surface area (Å²) in [5, 5.41) is 9.50. The number of hydrogen-bond donors (Lipinski definition) is 1. The Morgan fingerprint density at radius 2 is 2.31 bits per heavy atom. The third-order valence-electron chi connectivity index (χ3n) is 2.27. The maximum absolute atomic E-state index is 6.16. The van der Waals surface area contributed by atoms with Gasteiger partial charge in [-0.25, -0.2) is 4.98 Å². The Bertz CT molecular complexity index is 425. The van der Waals surface area contributed by atoms with Gasteiger partial charge in [-0.05, 0) is 18.0 Å². The molecule has 0 spiro atoms. The molecule has 2 nitrogen and oxygen atoms in total. The second kappa shape index (κ2) is 5.77. The molecule has 0 saturated carbocycles. The molecule has 16 heavy (non-hydrogen) atoms. The van der Waals surface area contributed by atoms with E-state index >= 15 is 0 Å². The minimum atomic E-state index is 0.281. The molecular weight excluding hydrogens is 260 g/mol. The van der Waals surface area contributed by atoms with Crippen molar-refractivity contribution in [3.05, 3.63) is 37.9 Å². The van der Waals surface area contributed by atoms with Gasteiger partial charge in [-0.3, -0.25) is 0 Å². The first kappa shape index (κ1) is 12.0. The van der Waals surface area contributed by atoms with Crippen molar-refractivity contribution in [3.8, 4) is 0 Å². The van der Waals surface area contributed by atoms with E-state index in [2.05, 4.69) is 17.2 Å². The number of thiophene rings is 1. The van der Waals surface area contributed by atoms with Crippen molar-refractivity contribution in [3.63, 3.8) is 0 Å². The largest absolute Gasteiger partial charge is 0.309 e. The van der Waals surface area contributed by atoms with Crippen LogP contribution in [0, 0.1) is 0 Å². The van der Waals surface area contributed by atoms with E-state index in [-0.39, 0.29) is 6.04 Å². The lowest BCUT2D eigenvalue weighted by atomic mass is 10.2. The van der Waals surface area contributed by atoms with E-state index in [1.165, 1.54) is 4.88 Å². The Balaban J connectivity index is 2.14. The predicted molar refractivity (Wildman–Crippen MR) is 71.6 cm³/mol. The normalized spacial score (nSPS) is 12.9. The van der Waals surface area contributed by atoms with Gasteiger partial charge >= 0.3 is 0 Å². The lowest BCUT2D eigenvalue weighted by molar-refractivity contribution is 0.557. The average molecular weight is 273 g/mol. The Morgan fingerprint density at radius 1 is 1.44 bits per heavy atom. The second-order valence-corrected chi connectivity index (χ2v) is 5.71. The molecular formula is C11H13ClN2S2. The number of likely N-dealkylation sites (N-methyl/N-ethyl adjacent to an activating group) is 1. The maximum atomic E-state index is 6.16. The van der Waals surface area contributed by atoms with Crippen molar-refractivity contribution in [1.29, 1.82) is 0 Å². The molecule has 0 fully saturated rings. The van der Waals surface area contributed by atoms with Crippen LogP contribution in [0.5, 0.6) is 0 Å². The van der Waals surface area contributed by atoms with Gasteiger partial charge in [0.05, 0.1) is 10.0 Å². The molecule has 2 aromatic heterocycles. The van der Waals surface area contributed by atoms with Gasteiger partial charge in [0.15, 0.2) is 0 Å². The molecule has 5 heteroatoms. The van der Waals surface area contributed by atoms with Gasteiger partial charge in [0.25, 0.3) is 0 Å². The highest BCUT2D eigenvalue weighted by Gasteiger charge is 2.16. The maximum Gasteiger partial charge on any atom is 0.0944 e. The van der Waals surface area contributed by atoms with Crippen molar-refractivity contribution in [2.75, 3.05) is 6.54 Å². The summed E-state index contributed by atoms with van der Waals surface area (Å²) in [6.07, 6.45) is 2.75. The summed E-state index contributed by atoms with van der Waals surface area (Å²) in [5.41, 5.74) is 0. The van der Waals surface area contributed by atoms with E-state index in [4.69, 9.17) is 11.6 Å². The van der Waals surface area contributed by atoms with Crippen LogP contribution in [0.3, 0.4) is 0 Å². The van der Waals surface area contributed by atoms with Gasteiger partial charge in [-0.15, -0.1) is 22.7 Å². The summed E-state index contributed by atoms with van der Waals surface area (Å²) < 4.78 is 0. The van der Waals surface area contributed by atoms with Crippen LogP contribution >= 0.6 is 34.3 Å². The highest BCUT2D eigenvalue weighted by molar-refractivity contribution is 7.10. The van der Waals surface area contributed by atoms with Gasteiger partial charge in [0.1, 0.15) is 0 Å². The van der Waals surface area contributed by atoms with Crippen LogP contribution < -0.4 is 5.32 Å². The molecule has 0 aliphatic heterocycles. The summed E-state index contributed by atoms with van der Waals surface area (Å²) in [7, 11) is 0. The fourth-order valence-electron chi connectivity index (χ4n) is 1.59. The number of nitrogens with zero attached hydrogens (tertiary/aromatic N) is 1. The molecule has 1 atom stereocenters. The molecule has 0 radical (unpaired) electrons. The molecule has 0 aliphatic rings. The van der Waals surface area contributed by atoms with E-state index in [0.717, 1.165) is 23.0 Å². The van der Waals surface area contributed by atoms with Crippen molar-refractivity contribution in [2.24, 2.45) is 0 Å². The van der Waals surface area contributed by atoms with Crippen molar-refractivity contribution >= 4 is 34.3 Å². The molecule has 1 unspecified atom stereocenters. The summed E-state index contributed by atoms with van der Waals surface area (Å²) in [6.45, 7) is 3.04. The number of halogens is 1. The summed E-state index contributed by atoms with van der Waals surface area (Å²) in [5.74, 6) is 0. The van der Waals surface area contributed by atoms with E-state index < -0.39 is 0 Å². The lowest BCUT2D eigenvalue weighted by Gasteiger charge is -2.15. The van der Waals surface area contributed by atoms with E-state index in [0.29, 0.717) is 0 Å². The Kier molecular flexibility index (Phi) is 4.35. The van der Waals surface area contributed by atoms with Crippen LogP contribution in [0.2, 0.25) is 5.02 Å². The topological polar surface area (TPSA) is 24.9 Å². The van der Waals surface area contributed by atoms with Gasteiger partial charge in [0.2, 0.25) is 0 Å². The van der Waals surface area contributed by atoms with Gasteiger partial charge in [0, 0.05) is 28.9 Å². The first-order chi connectivity index (χ1) is 7.81. The highest BCUT2D eigenvalue weighted by Crippen LogP contribution is 2.31. The van der Waals surface area contributed by atoms with Crippen LogP contribution in [-0.2, 0) is 6.42 Å². The van der Waals surface area contributed by atoms with E-state index in [1.54, 1.807) is 22.7 Å². The molecule has 2 rings (SSSR count). The molecule has 0 amide bonds. The van der Waals surface area contributed by atoms with E-state index in [9.17, 15) is 0 Å². The molecule has 86 valence electrons.